The number of nitrogens with one attached hydrogen (secondary N) is 1. The van der Waals surface area contributed by atoms with Crippen molar-refractivity contribution in [2.24, 2.45) is 0 Å². The lowest BCUT2D eigenvalue weighted by atomic mass is 9.84. The minimum absolute atomic E-state index is 0.0245. The predicted molar refractivity (Wildman–Crippen MR) is 94.4 cm³/mol. The van der Waals surface area contributed by atoms with Crippen molar-refractivity contribution in [3.05, 3.63) is 35.6 Å². The molecular formula is C20H29FN2O. The average Bonchev–Trinajstić information content (AvgIpc) is 3.23. The Hall–Kier alpha value is -1.42. The van der Waals surface area contributed by atoms with Crippen LogP contribution in [0.4, 0.5) is 4.39 Å². The molecule has 1 unspecified atom stereocenters. The molecule has 1 aromatic rings. The van der Waals surface area contributed by atoms with Crippen LogP contribution in [0.5, 0.6) is 0 Å². The van der Waals surface area contributed by atoms with Crippen LogP contribution in [0.1, 0.15) is 57.9 Å². The van der Waals surface area contributed by atoms with Crippen molar-refractivity contribution in [3.8, 4) is 0 Å². The Labute approximate surface area is 144 Å². The summed E-state index contributed by atoms with van der Waals surface area (Å²) in [6, 6.07) is 7.29. The standard InChI is InChI=1S/C20H29FN2O/c1-20(2,15-7-5-8-16(21)13-15)14-22-19(24)18-11-6-12-23(18)17-9-3-4-10-17/h5,7-8,13,17-18H,3-4,6,9-12,14H2,1-2H3,(H,22,24). The molecule has 4 heteroatoms. The topological polar surface area (TPSA) is 32.3 Å². The van der Waals surface area contributed by atoms with Gasteiger partial charge in [0.25, 0.3) is 0 Å². The fourth-order valence-electron chi connectivity index (χ4n) is 4.18. The zero-order valence-corrected chi connectivity index (χ0v) is 14.9. The number of benzene rings is 1. The molecule has 1 aromatic carbocycles. The van der Waals surface area contributed by atoms with Crippen molar-refractivity contribution in [2.75, 3.05) is 13.1 Å². The van der Waals surface area contributed by atoms with Crippen molar-refractivity contribution in [3.63, 3.8) is 0 Å². The molecule has 0 aromatic heterocycles. The van der Waals surface area contributed by atoms with Crippen LogP contribution in [-0.2, 0) is 10.2 Å². The summed E-state index contributed by atoms with van der Waals surface area (Å²) in [4.78, 5) is 15.2. The van der Waals surface area contributed by atoms with Gasteiger partial charge in [-0.05, 0) is 49.9 Å². The van der Waals surface area contributed by atoms with E-state index in [0.29, 0.717) is 12.6 Å². The van der Waals surface area contributed by atoms with Gasteiger partial charge in [-0.3, -0.25) is 9.69 Å². The average molecular weight is 332 g/mol. The third-order valence-electron chi connectivity index (χ3n) is 5.70. The molecule has 0 bridgehead atoms. The van der Waals surface area contributed by atoms with Crippen LogP contribution >= 0.6 is 0 Å². The van der Waals surface area contributed by atoms with E-state index in [1.807, 2.05) is 19.9 Å². The van der Waals surface area contributed by atoms with E-state index < -0.39 is 0 Å². The molecule has 1 saturated heterocycles. The van der Waals surface area contributed by atoms with Gasteiger partial charge in [-0.1, -0.05) is 38.8 Å². The van der Waals surface area contributed by atoms with E-state index in [9.17, 15) is 9.18 Å². The Morgan fingerprint density at radius 3 is 2.71 bits per heavy atom. The van der Waals surface area contributed by atoms with Crippen molar-refractivity contribution in [1.82, 2.24) is 10.2 Å². The summed E-state index contributed by atoms with van der Waals surface area (Å²) < 4.78 is 13.5. The van der Waals surface area contributed by atoms with Gasteiger partial charge in [0, 0.05) is 18.0 Å². The van der Waals surface area contributed by atoms with Gasteiger partial charge < -0.3 is 5.32 Å². The van der Waals surface area contributed by atoms with Gasteiger partial charge >= 0.3 is 0 Å². The number of nitrogens with zero attached hydrogens (tertiary/aromatic N) is 1. The zero-order chi connectivity index (χ0) is 17.2. The van der Waals surface area contributed by atoms with Crippen LogP contribution < -0.4 is 5.32 Å². The van der Waals surface area contributed by atoms with E-state index in [1.165, 1.54) is 31.7 Å². The minimum atomic E-state index is -0.283. The molecule has 0 spiro atoms. The summed E-state index contributed by atoms with van der Waals surface area (Å²) in [6.07, 6.45) is 7.13. The minimum Gasteiger partial charge on any atom is -0.354 e. The molecule has 1 amide bonds. The third kappa shape index (κ3) is 3.80. The fourth-order valence-corrected chi connectivity index (χ4v) is 4.18. The molecule has 1 heterocycles. The quantitative estimate of drug-likeness (QED) is 0.893. The number of halogens is 1. The summed E-state index contributed by atoms with van der Waals surface area (Å²) in [5.74, 6) is -0.0843. The molecule has 1 aliphatic carbocycles. The van der Waals surface area contributed by atoms with Gasteiger partial charge in [0.1, 0.15) is 5.82 Å². The number of amides is 1. The lowest BCUT2D eigenvalue weighted by Gasteiger charge is -2.31. The highest BCUT2D eigenvalue weighted by molar-refractivity contribution is 5.82. The van der Waals surface area contributed by atoms with E-state index >= 15 is 0 Å². The van der Waals surface area contributed by atoms with Gasteiger partial charge in [-0.15, -0.1) is 0 Å². The second kappa shape index (κ2) is 7.22. The Morgan fingerprint density at radius 2 is 2.00 bits per heavy atom. The number of rotatable bonds is 5. The first-order chi connectivity index (χ1) is 11.5. The maximum Gasteiger partial charge on any atom is 0.237 e. The van der Waals surface area contributed by atoms with Crippen LogP contribution in [0, 0.1) is 5.82 Å². The van der Waals surface area contributed by atoms with Crippen LogP contribution in [0.15, 0.2) is 24.3 Å². The number of likely N-dealkylation sites (tertiary alicyclic amines) is 1. The van der Waals surface area contributed by atoms with Crippen LogP contribution in [0.2, 0.25) is 0 Å². The van der Waals surface area contributed by atoms with Gasteiger partial charge in [-0.2, -0.15) is 0 Å². The highest BCUT2D eigenvalue weighted by Gasteiger charge is 2.36. The highest BCUT2D eigenvalue weighted by Crippen LogP contribution is 2.30. The SMILES string of the molecule is CC(C)(CNC(=O)C1CCCN1C1CCCC1)c1cccc(F)c1. The molecule has 1 aliphatic heterocycles. The molecule has 0 radical (unpaired) electrons. The van der Waals surface area contributed by atoms with E-state index in [4.69, 9.17) is 0 Å². The lowest BCUT2D eigenvalue weighted by molar-refractivity contribution is -0.126. The second-order valence-corrected chi connectivity index (χ2v) is 7.95. The summed E-state index contributed by atoms with van der Waals surface area (Å²) in [6.45, 7) is 5.68. The molecule has 2 fully saturated rings. The Bertz CT molecular complexity index is 581. The Kier molecular flexibility index (Phi) is 5.24. The maximum absolute atomic E-state index is 13.5. The zero-order valence-electron chi connectivity index (χ0n) is 14.9. The van der Waals surface area contributed by atoms with Gasteiger partial charge in [0.15, 0.2) is 0 Å². The number of hydrogen-bond donors (Lipinski definition) is 1. The smallest absolute Gasteiger partial charge is 0.237 e. The largest absolute Gasteiger partial charge is 0.354 e. The normalized spacial score (nSPS) is 22.9. The first kappa shape index (κ1) is 17.4. The monoisotopic (exact) mass is 332 g/mol. The Morgan fingerprint density at radius 1 is 1.25 bits per heavy atom. The van der Waals surface area contributed by atoms with Crippen molar-refractivity contribution >= 4 is 5.91 Å². The van der Waals surface area contributed by atoms with E-state index in [1.54, 1.807) is 12.1 Å². The highest BCUT2D eigenvalue weighted by atomic mass is 19.1. The molecule has 3 rings (SSSR count). The molecule has 1 saturated carbocycles. The number of hydrogen-bond acceptors (Lipinski definition) is 2. The molecule has 24 heavy (non-hydrogen) atoms. The first-order valence-electron chi connectivity index (χ1n) is 9.27. The van der Waals surface area contributed by atoms with Crippen molar-refractivity contribution < 1.29 is 9.18 Å². The van der Waals surface area contributed by atoms with Crippen LogP contribution in [0.25, 0.3) is 0 Å². The molecule has 132 valence electrons. The lowest BCUT2D eigenvalue weighted by Crippen LogP contribution is -2.49. The van der Waals surface area contributed by atoms with E-state index in [2.05, 4.69) is 10.2 Å². The van der Waals surface area contributed by atoms with Crippen LogP contribution in [-0.4, -0.2) is 36.0 Å². The summed E-state index contributed by atoms with van der Waals surface area (Å²) in [5, 5.41) is 3.13. The van der Waals surface area contributed by atoms with Crippen molar-refractivity contribution in [2.45, 2.75) is 69.9 Å². The molecule has 1 N–H and O–H groups in total. The van der Waals surface area contributed by atoms with Crippen LogP contribution in [0.3, 0.4) is 0 Å². The molecule has 3 nitrogen and oxygen atoms in total. The predicted octanol–water partition coefficient (Wildman–Crippen LogP) is 3.63. The molecular weight excluding hydrogens is 303 g/mol. The fraction of sp³-hybridized carbons (Fsp3) is 0.650. The Balaban J connectivity index is 1.60. The number of carbonyl (C=O) groups excluding carboxylic acids is 1. The van der Waals surface area contributed by atoms with Gasteiger partial charge in [-0.25, -0.2) is 4.39 Å². The number of carbonyl (C=O) groups is 1. The van der Waals surface area contributed by atoms with E-state index in [0.717, 1.165) is 24.9 Å². The van der Waals surface area contributed by atoms with Gasteiger partial charge in [0.2, 0.25) is 5.91 Å². The maximum atomic E-state index is 13.5. The van der Waals surface area contributed by atoms with Gasteiger partial charge in [0.05, 0.1) is 6.04 Å². The first-order valence-corrected chi connectivity index (χ1v) is 9.27. The third-order valence-corrected chi connectivity index (χ3v) is 5.70. The van der Waals surface area contributed by atoms with E-state index in [-0.39, 0.29) is 23.2 Å². The molecule has 1 atom stereocenters. The molecule has 2 aliphatic rings. The van der Waals surface area contributed by atoms with Crippen molar-refractivity contribution in [1.29, 1.82) is 0 Å². The summed E-state index contributed by atoms with van der Waals surface area (Å²) in [7, 11) is 0. The second-order valence-electron chi connectivity index (χ2n) is 7.95. The summed E-state index contributed by atoms with van der Waals surface area (Å²) in [5.41, 5.74) is 0.635. The summed E-state index contributed by atoms with van der Waals surface area (Å²) >= 11 is 0.